The zero-order valence-corrected chi connectivity index (χ0v) is 9.34. The third-order valence-corrected chi connectivity index (χ3v) is 2.60. The largest absolute Gasteiger partial charge is 0.382 e. The van der Waals surface area contributed by atoms with Crippen LogP contribution in [0.1, 0.15) is 13.3 Å². The van der Waals surface area contributed by atoms with E-state index in [-0.39, 0.29) is 0 Å². The van der Waals surface area contributed by atoms with E-state index in [9.17, 15) is 0 Å². The molecule has 0 aliphatic rings. The van der Waals surface area contributed by atoms with Crippen LogP contribution in [0, 0.1) is 0 Å². The predicted octanol–water partition coefficient (Wildman–Crippen LogP) is 1.61. The summed E-state index contributed by atoms with van der Waals surface area (Å²) in [6.07, 6.45) is 6.40. The molecule has 0 saturated carbocycles. The zero-order valence-electron chi connectivity index (χ0n) is 8.53. The summed E-state index contributed by atoms with van der Waals surface area (Å²) < 4.78 is 0. The van der Waals surface area contributed by atoms with Crippen LogP contribution in [0.4, 0.5) is 11.6 Å². The Balaban J connectivity index is 2.57. The molecule has 0 radical (unpaired) electrons. The first-order chi connectivity index (χ1) is 6.76. The van der Waals surface area contributed by atoms with E-state index < -0.39 is 0 Å². The van der Waals surface area contributed by atoms with E-state index in [0.717, 1.165) is 18.0 Å². The Kier molecular flexibility index (Phi) is 4.52. The molecular weight excluding hydrogens is 196 g/mol. The Morgan fingerprint density at radius 1 is 1.57 bits per heavy atom. The third-order valence-electron chi connectivity index (χ3n) is 1.87. The number of nitrogens with two attached hydrogens (primary N) is 1. The van der Waals surface area contributed by atoms with Crippen molar-refractivity contribution in [2.24, 2.45) is 0 Å². The van der Waals surface area contributed by atoms with E-state index in [1.807, 2.05) is 11.8 Å². The van der Waals surface area contributed by atoms with Gasteiger partial charge in [0.25, 0.3) is 0 Å². The van der Waals surface area contributed by atoms with Gasteiger partial charge in [-0.05, 0) is 12.7 Å². The lowest BCUT2D eigenvalue weighted by Gasteiger charge is -2.15. The highest BCUT2D eigenvalue weighted by Gasteiger charge is 2.05. The van der Waals surface area contributed by atoms with Gasteiger partial charge in [0.15, 0.2) is 0 Å². The highest BCUT2D eigenvalue weighted by atomic mass is 32.2. The number of hydrogen-bond donors (Lipinski definition) is 2. The standard InChI is InChI=1S/C9H16N4S/c1-3-7(6-14-2)12-9-5-11-4-8(10)13-9/h4-5,7H,3,6H2,1-2H3,(H3,10,12,13). The number of nitrogens with zero attached hydrogens (tertiary/aromatic N) is 2. The van der Waals surface area contributed by atoms with Gasteiger partial charge in [0.1, 0.15) is 11.6 Å². The van der Waals surface area contributed by atoms with Gasteiger partial charge in [-0.2, -0.15) is 11.8 Å². The predicted molar refractivity (Wildman–Crippen MR) is 62.5 cm³/mol. The monoisotopic (exact) mass is 212 g/mol. The minimum atomic E-state index is 0.432. The number of nitrogens with one attached hydrogen (secondary N) is 1. The molecule has 0 saturated heterocycles. The molecule has 14 heavy (non-hydrogen) atoms. The fourth-order valence-corrected chi connectivity index (χ4v) is 1.84. The molecule has 3 N–H and O–H groups in total. The summed E-state index contributed by atoms with van der Waals surface area (Å²) >= 11 is 1.82. The molecule has 1 unspecified atom stereocenters. The van der Waals surface area contributed by atoms with Crippen molar-refractivity contribution in [3.8, 4) is 0 Å². The molecule has 1 aromatic heterocycles. The summed E-state index contributed by atoms with van der Waals surface area (Å²) in [5, 5.41) is 3.30. The van der Waals surface area contributed by atoms with Crippen molar-refractivity contribution in [3.63, 3.8) is 0 Å². The minimum Gasteiger partial charge on any atom is -0.382 e. The van der Waals surface area contributed by atoms with Crippen LogP contribution < -0.4 is 11.1 Å². The number of anilines is 2. The lowest BCUT2D eigenvalue weighted by molar-refractivity contribution is 0.769. The molecule has 1 rings (SSSR count). The Labute approximate surface area is 88.7 Å². The van der Waals surface area contributed by atoms with E-state index in [0.29, 0.717) is 11.9 Å². The van der Waals surface area contributed by atoms with Crippen LogP contribution in [-0.4, -0.2) is 28.0 Å². The molecule has 0 aromatic carbocycles. The van der Waals surface area contributed by atoms with Crippen LogP contribution in [0.15, 0.2) is 12.4 Å². The first-order valence-corrected chi connectivity index (χ1v) is 5.98. The quantitative estimate of drug-likeness (QED) is 0.776. The Hall–Kier alpha value is -0.970. The van der Waals surface area contributed by atoms with Gasteiger partial charge in [-0.15, -0.1) is 0 Å². The SMILES string of the molecule is CCC(CSC)Nc1cncc(N)n1. The summed E-state index contributed by atoms with van der Waals surface area (Å²) in [4.78, 5) is 8.11. The lowest BCUT2D eigenvalue weighted by atomic mass is 10.2. The van der Waals surface area contributed by atoms with E-state index >= 15 is 0 Å². The molecule has 0 aliphatic heterocycles. The molecule has 5 heteroatoms. The van der Waals surface area contributed by atoms with Gasteiger partial charge in [-0.3, -0.25) is 4.98 Å². The van der Waals surface area contributed by atoms with E-state index in [2.05, 4.69) is 28.5 Å². The van der Waals surface area contributed by atoms with Crippen LogP contribution in [0.3, 0.4) is 0 Å². The lowest BCUT2D eigenvalue weighted by Crippen LogP contribution is -2.22. The third kappa shape index (κ3) is 3.41. The Bertz CT molecular complexity index is 279. The number of rotatable bonds is 5. The summed E-state index contributed by atoms with van der Waals surface area (Å²) in [5.74, 6) is 2.27. The van der Waals surface area contributed by atoms with Crippen molar-refractivity contribution in [2.75, 3.05) is 23.1 Å². The van der Waals surface area contributed by atoms with Gasteiger partial charge in [-0.25, -0.2) is 4.98 Å². The second kappa shape index (κ2) is 5.70. The number of hydrogen-bond acceptors (Lipinski definition) is 5. The summed E-state index contributed by atoms with van der Waals surface area (Å²) in [6.45, 7) is 2.15. The maximum Gasteiger partial charge on any atom is 0.147 e. The molecule has 78 valence electrons. The van der Waals surface area contributed by atoms with Crippen molar-refractivity contribution in [2.45, 2.75) is 19.4 Å². The van der Waals surface area contributed by atoms with Crippen LogP contribution in [0.5, 0.6) is 0 Å². The van der Waals surface area contributed by atoms with E-state index in [1.54, 1.807) is 12.4 Å². The normalized spacial score (nSPS) is 12.4. The van der Waals surface area contributed by atoms with E-state index in [1.165, 1.54) is 0 Å². The molecule has 1 aromatic rings. The van der Waals surface area contributed by atoms with Crippen LogP contribution >= 0.6 is 11.8 Å². The molecular formula is C9H16N4S. The molecule has 0 fully saturated rings. The topological polar surface area (TPSA) is 63.8 Å². The highest BCUT2D eigenvalue weighted by Crippen LogP contribution is 2.09. The van der Waals surface area contributed by atoms with Crippen molar-refractivity contribution in [1.29, 1.82) is 0 Å². The summed E-state index contributed by atoms with van der Waals surface area (Å²) in [7, 11) is 0. The second-order valence-electron chi connectivity index (χ2n) is 3.03. The van der Waals surface area contributed by atoms with Crippen LogP contribution in [-0.2, 0) is 0 Å². The van der Waals surface area contributed by atoms with Crippen molar-refractivity contribution >= 4 is 23.4 Å². The molecule has 1 heterocycles. The minimum absolute atomic E-state index is 0.432. The van der Waals surface area contributed by atoms with Gasteiger partial charge in [0.2, 0.25) is 0 Å². The fourth-order valence-electron chi connectivity index (χ4n) is 1.12. The van der Waals surface area contributed by atoms with Crippen molar-refractivity contribution in [3.05, 3.63) is 12.4 Å². The van der Waals surface area contributed by atoms with Gasteiger partial charge in [-0.1, -0.05) is 6.92 Å². The average molecular weight is 212 g/mol. The Morgan fingerprint density at radius 3 is 2.93 bits per heavy atom. The molecule has 0 bridgehead atoms. The Morgan fingerprint density at radius 2 is 2.36 bits per heavy atom. The first-order valence-electron chi connectivity index (χ1n) is 4.59. The molecule has 4 nitrogen and oxygen atoms in total. The smallest absolute Gasteiger partial charge is 0.147 e. The summed E-state index contributed by atoms with van der Waals surface area (Å²) in [6, 6.07) is 0.432. The summed E-state index contributed by atoms with van der Waals surface area (Å²) in [5.41, 5.74) is 5.53. The van der Waals surface area contributed by atoms with E-state index in [4.69, 9.17) is 5.73 Å². The average Bonchev–Trinajstić information content (AvgIpc) is 2.17. The van der Waals surface area contributed by atoms with Crippen LogP contribution in [0.2, 0.25) is 0 Å². The fraction of sp³-hybridized carbons (Fsp3) is 0.556. The maximum atomic E-state index is 5.53. The van der Waals surface area contributed by atoms with Gasteiger partial charge in [0, 0.05) is 11.8 Å². The number of nitrogen functional groups attached to an aromatic ring is 1. The number of thioether (sulfide) groups is 1. The second-order valence-corrected chi connectivity index (χ2v) is 3.94. The molecule has 0 spiro atoms. The molecule has 0 amide bonds. The molecule has 1 atom stereocenters. The van der Waals surface area contributed by atoms with Gasteiger partial charge < -0.3 is 11.1 Å². The van der Waals surface area contributed by atoms with Crippen LogP contribution in [0.25, 0.3) is 0 Å². The van der Waals surface area contributed by atoms with Crippen molar-refractivity contribution in [1.82, 2.24) is 9.97 Å². The highest BCUT2D eigenvalue weighted by molar-refractivity contribution is 7.98. The zero-order chi connectivity index (χ0) is 10.4. The maximum absolute atomic E-state index is 5.53. The first kappa shape index (κ1) is 11.1. The van der Waals surface area contributed by atoms with Crippen molar-refractivity contribution < 1.29 is 0 Å². The van der Waals surface area contributed by atoms with Gasteiger partial charge in [0.05, 0.1) is 12.4 Å². The number of aromatic nitrogens is 2. The van der Waals surface area contributed by atoms with Gasteiger partial charge >= 0.3 is 0 Å². The molecule has 0 aliphatic carbocycles.